The minimum atomic E-state index is -0.0260. The smallest absolute Gasteiger partial charge is 0.274 e. The first-order valence-corrected chi connectivity index (χ1v) is 7.80. The van der Waals surface area contributed by atoms with Crippen LogP contribution in [0.3, 0.4) is 0 Å². The summed E-state index contributed by atoms with van der Waals surface area (Å²) in [5, 5.41) is 4.33. The molecule has 0 saturated carbocycles. The highest BCUT2D eigenvalue weighted by atomic mass is 16.2. The second-order valence-corrected chi connectivity index (χ2v) is 5.99. The Kier molecular flexibility index (Phi) is 3.33. The van der Waals surface area contributed by atoms with E-state index in [-0.39, 0.29) is 11.9 Å². The van der Waals surface area contributed by atoms with Crippen LogP contribution < -0.4 is 0 Å². The Morgan fingerprint density at radius 1 is 1.39 bits per heavy atom. The molecule has 3 aromatic heterocycles. The summed E-state index contributed by atoms with van der Waals surface area (Å²) in [4.78, 5) is 23.2. The third-order valence-corrected chi connectivity index (χ3v) is 4.25. The van der Waals surface area contributed by atoms with Crippen molar-refractivity contribution in [1.29, 1.82) is 0 Å². The van der Waals surface area contributed by atoms with Crippen molar-refractivity contribution in [3.8, 4) is 0 Å². The molecule has 1 fully saturated rings. The Balaban J connectivity index is 1.56. The Morgan fingerprint density at radius 2 is 2.30 bits per heavy atom. The van der Waals surface area contributed by atoms with Crippen molar-refractivity contribution in [2.75, 3.05) is 6.54 Å². The first-order chi connectivity index (χ1) is 11.2. The van der Waals surface area contributed by atoms with Crippen molar-refractivity contribution in [3.05, 3.63) is 48.3 Å². The van der Waals surface area contributed by atoms with Crippen molar-refractivity contribution in [2.45, 2.75) is 32.4 Å². The highest BCUT2D eigenvalue weighted by Gasteiger charge is 2.31. The molecule has 0 bridgehead atoms. The van der Waals surface area contributed by atoms with Gasteiger partial charge in [-0.05, 0) is 31.4 Å². The molecule has 1 aliphatic rings. The van der Waals surface area contributed by atoms with Gasteiger partial charge in [-0.1, -0.05) is 0 Å². The summed E-state index contributed by atoms with van der Waals surface area (Å²) in [7, 11) is 0. The number of amides is 1. The number of aryl methyl sites for hydroxylation is 1. The third-order valence-electron chi connectivity index (χ3n) is 4.25. The molecule has 0 aliphatic carbocycles. The molecule has 1 amide bonds. The molecular formula is C16H18N6O. The maximum atomic E-state index is 12.8. The third kappa shape index (κ3) is 2.58. The molecule has 4 heterocycles. The fourth-order valence-electron chi connectivity index (χ4n) is 3.16. The molecule has 0 N–H and O–H groups in total. The van der Waals surface area contributed by atoms with E-state index in [2.05, 4.69) is 15.1 Å². The quantitative estimate of drug-likeness (QED) is 0.736. The normalized spacial score (nSPS) is 18.0. The van der Waals surface area contributed by atoms with Crippen LogP contribution in [-0.4, -0.2) is 47.5 Å². The summed E-state index contributed by atoms with van der Waals surface area (Å²) in [5.41, 5.74) is 1.58. The van der Waals surface area contributed by atoms with E-state index in [9.17, 15) is 4.79 Å². The standard InChI is InChI=1S/C16H18N6O/c1-12-8-18-21(9-12)10-13-4-2-7-22(13)15(23)14-11-20-6-3-5-17-16(20)19-14/h3,5-6,8-9,11,13H,2,4,7,10H2,1H3/t13-/m0/s1. The van der Waals surface area contributed by atoms with Crippen LogP contribution >= 0.6 is 0 Å². The van der Waals surface area contributed by atoms with E-state index in [0.717, 1.165) is 31.5 Å². The van der Waals surface area contributed by atoms with Crippen LogP contribution in [0.2, 0.25) is 0 Å². The lowest BCUT2D eigenvalue weighted by Gasteiger charge is -2.23. The fraction of sp³-hybridized carbons (Fsp3) is 0.375. The monoisotopic (exact) mass is 310 g/mol. The Labute approximate surface area is 133 Å². The number of hydrogen-bond acceptors (Lipinski definition) is 4. The van der Waals surface area contributed by atoms with Gasteiger partial charge in [0.2, 0.25) is 5.78 Å². The number of fused-ring (bicyclic) bond motifs is 1. The van der Waals surface area contributed by atoms with Crippen molar-refractivity contribution in [2.24, 2.45) is 0 Å². The summed E-state index contributed by atoms with van der Waals surface area (Å²) in [6, 6.07) is 1.99. The van der Waals surface area contributed by atoms with Crippen molar-refractivity contribution < 1.29 is 4.79 Å². The fourth-order valence-corrected chi connectivity index (χ4v) is 3.16. The highest BCUT2D eigenvalue weighted by molar-refractivity contribution is 5.93. The maximum Gasteiger partial charge on any atom is 0.274 e. The number of hydrogen-bond donors (Lipinski definition) is 0. The molecule has 3 aromatic rings. The summed E-state index contributed by atoms with van der Waals surface area (Å²) in [5.74, 6) is 0.524. The van der Waals surface area contributed by atoms with Gasteiger partial charge in [0, 0.05) is 31.3 Å². The number of imidazole rings is 1. The second kappa shape index (κ2) is 5.49. The molecule has 1 atom stereocenters. The zero-order chi connectivity index (χ0) is 15.8. The molecule has 4 rings (SSSR count). The van der Waals surface area contributed by atoms with Gasteiger partial charge in [-0.2, -0.15) is 5.10 Å². The lowest BCUT2D eigenvalue weighted by atomic mass is 10.2. The number of nitrogens with zero attached hydrogens (tertiary/aromatic N) is 6. The van der Waals surface area contributed by atoms with E-state index >= 15 is 0 Å². The van der Waals surface area contributed by atoms with Crippen LogP contribution in [0.5, 0.6) is 0 Å². The van der Waals surface area contributed by atoms with E-state index in [4.69, 9.17) is 0 Å². The molecule has 0 spiro atoms. The summed E-state index contributed by atoms with van der Waals surface area (Å²) < 4.78 is 3.69. The van der Waals surface area contributed by atoms with E-state index in [1.807, 2.05) is 41.2 Å². The van der Waals surface area contributed by atoms with Gasteiger partial charge in [0.05, 0.1) is 18.8 Å². The molecular weight excluding hydrogens is 292 g/mol. The summed E-state index contributed by atoms with van der Waals surface area (Å²) >= 11 is 0. The maximum absolute atomic E-state index is 12.8. The summed E-state index contributed by atoms with van der Waals surface area (Å²) in [6.07, 6.45) is 11.1. The SMILES string of the molecule is Cc1cnn(C[C@@H]2CCCN2C(=O)c2cn3cccnc3n2)c1. The lowest BCUT2D eigenvalue weighted by molar-refractivity contribution is 0.0716. The number of likely N-dealkylation sites (tertiary alicyclic amines) is 1. The Bertz CT molecular complexity index is 818. The number of aromatic nitrogens is 5. The van der Waals surface area contributed by atoms with Crippen LogP contribution in [-0.2, 0) is 6.54 Å². The van der Waals surface area contributed by atoms with E-state index in [0.29, 0.717) is 11.5 Å². The van der Waals surface area contributed by atoms with Gasteiger partial charge < -0.3 is 4.90 Å². The molecule has 0 unspecified atom stereocenters. The molecule has 7 heteroatoms. The van der Waals surface area contributed by atoms with Gasteiger partial charge >= 0.3 is 0 Å². The van der Waals surface area contributed by atoms with Crippen LogP contribution in [0.1, 0.15) is 28.9 Å². The minimum absolute atomic E-state index is 0.0260. The van der Waals surface area contributed by atoms with Crippen LogP contribution in [0.15, 0.2) is 37.1 Å². The number of carbonyl (C=O) groups excluding carboxylic acids is 1. The molecule has 23 heavy (non-hydrogen) atoms. The topological polar surface area (TPSA) is 68.3 Å². The number of carbonyl (C=O) groups is 1. The van der Waals surface area contributed by atoms with Gasteiger partial charge in [-0.3, -0.25) is 13.9 Å². The predicted octanol–water partition coefficient (Wildman–Crippen LogP) is 1.54. The molecule has 7 nitrogen and oxygen atoms in total. The average molecular weight is 310 g/mol. The first-order valence-electron chi connectivity index (χ1n) is 7.80. The Hall–Kier alpha value is -2.70. The van der Waals surface area contributed by atoms with E-state index in [1.54, 1.807) is 16.8 Å². The zero-order valence-corrected chi connectivity index (χ0v) is 13.0. The largest absolute Gasteiger partial charge is 0.332 e. The van der Waals surface area contributed by atoms with E-state index in [1.165, 1.54) is 0 Å². The van der Waals surface area contributed by atoms with Gasteiger partial charge in [-0.25, -0.2) is 9.97 Å². The molecule has 1 saturated heterocycles. The van der Waals surface area contributed by atoms with Gasteiger partial charge in [0.15, 0.2) is 0 Å². The Morgan fingerprint density at radius 3 is 3.09 bits per heavy atom. The van der Waals surface area contributed by atoms with Crippen LogP contribution in [0.4, 0.5) is 0 Å². The van der Waals surface area contributed by atoms with Crippen molar-refractivity contribution in [1.82, 2.24) is 29.0 Å². The molecule has 118 valence electrons. The van der Waals surface area contributed by atoms with Crippen molar-refractivity contribution >= 4 is 11.7 Å². The second-order valence-electron chi connectivity index (χ2n) is 5.99. The zero-order valence-electron chi connectivity index (χ0n) is 13.0. The average Bonchev–Trinajstić information content (AvgIpc) is 3.26. The van der Waals surface area contributed by atoms with Gasteiger partial charge in [0.25, 0.3) is 5.91 Å². The minimum Gasteiger partial charge on any atom is -0.332 e. The molecule has 1 aliphatic heterocycles. The van der Waals surface area contributed by atoms with Gasteiger partial charge in [0.1, 0.15) is 5.69 Å². The number of rotatable bonds is 3. The predicted molar refractivity (Wildman–Crippen MR) is 84.0 cm³/mol. The molecule has 0 radical (unpaired) electrons. The van der Waals surface area contributed by atoms with Crippen LogP contribution in [0, 0.1) is 6.92 Å². The highest BCUT2D eigenvalue weighted by Crippen LogP contribution is 2.21. The van der Waals surface area contributed by atoms with Gasteiger partial charge in [-0.15, -0.1) is 0 Å². The lowest BCUT2D eigenvalue weighted by Crippen LogP contribution is -2.38. The van der Waals surface area contributed by atoms with E-state index < -0.39 is 0 Å². The molecule has 0 aromatic carbocycles. The first kappa shape index (κ1) is 13.9. The van der Waals surface area contributed by atoms with Crippen LogP contribution in [0.25, 0.3) is 5.78 Å². The summed E-state index contributed by atoms with van der Waals surface area (Å²) in [6.45, 7) is 3.51. The van der Waals surface area contributed by atoms with Crippen molar-refractivity contribution in [3.63, 3.8) is 0 Å².